The van der Waals surface area contributed by atoms with Gasteiger partial charge in [0.25, 0.3) is 0 Å². The number of halogens is 1. The lowest BCUT2D eigenvalue weighted by molar-refractivity contribution is 0.360. The lowest BCUT2D eigenvalue weighted by atomic mass is 10.1. The molecule has 0 aliphatic rings. The van der Waals surface area contributed by atoms with E-state index in [-0.39, 0.29) is 23.8 Å². The van der Waals surface area contributed by atoms with Gasteiger partial charge in [0, 0.05) is 24.1 Å². The van der Waals surface area contributed by atoms with Crippen LogP contribution in [0, 0.1) is 6.92 Å². The average Bonchev–Trinajstić information content (AvgIpc) is 3.40. The van der Waals surface area contributed by atoms with Gasteiger partial charge in [-0.2, -0.15) is 14.5 Å². The molecule has 2 aromatic heterocycles. The molecule has 0 radical (unpaired) electrons. The fourth-order valence-electron chi connectivity index (χ4n) is 2.79. The van der Waals surface area contributed by atoms with Crippen molar-refractivity contribution >= 4 is 21.6 Å². The van der Waals surface area contributed by atoms with Crippen LogP contribution in [-0.4, -0.2) is 43.5 Å². The predicted molar refractivity (Wildman–Crippen MR) is 107 cm³/mol. The number of aromatic amines is 1. The SMILES string of the molecule is Cc1nc(CN(Cc2ccc(-c3nn[nH]n3)cc2)S(=O)(=O)c2ccc(Cl)cc2)no1. The van der Waals surface area contributed by atoms with Crippen molar-refractivity contribution in [1.29, 1.82) is 0 Å². The highest BCUT2D eigenvalue weighted by Crippen LogP contribution is 2.23. The number of tetrazole rings is 1. The number of benzene rings is 2. The zero-order chi connectivity index (χ0) is 21.1. The van der Waals surface area contributed by atoms with Crippen molar-refractivity contribution in [3.63, 3.8) is 0 Å². The third-order valence-corrected chi connectivity index (χ3v) is 6.31. The maximum Gasteiger partial charge on any atom is 0.243 e. The Balaban J connectivity index is 1.64. The molecule has 4 aromatic rings. The van der Waals surface area contributed by atoms with E-state index in [1.165, 1.54) is 28.6 Å². The molecular weight excluding hydrogens is 430 g/mol. The molecule has 0 fully saturated rings. The smallest absolute Gasteiger partial charge is 0.243 e. The minimum atomic E-state index is -3.84. The van der Waals surface area contributed by atoms with E-state index < -0.39 is 10.0 Å². The van der Waals surface area contributed by atoms with Crippen molar-refractivity contribution in [3.05, 3.63) is 70.8 Å². The summed E-state index contributed by atoms with van der Waals surface area (Å²) in [7, 11) is -3.84. The lowest BCUT2D eigenvalue weighted by Gasteiger charge is -2.21. The maximum absolute atomic E-state index is 13.3. The summed E-state index contributed by atoms with van der Waals surface area (Å²) in [5.41, 5.74) is 1.52. The third-order valence-electron chi connectivity index (χ3n) is 4.26. The predicted octanol–water partition coefficient (Wildman–Crippen LogP) is 2.60. The number of nitrogens with one attached hydrogen (secondary N) is 1. The van der Waals surface area contributed by atoms with Crippen molar-refractivity contribution in [2.75, 3.05) is 0 Å². The molecular formula is C18H16ClN7O3S. The highest BCUT2D eigenvalue weighted by Gasteiger charge is 2.26. The third kappa shape index (κ3) is 4.37. The molecule has 0 aliphatic carbocycles. The molecule has 0 atom stereocenters. The largest absolute Gasteiger partial charge is 0.340 e. The molecule has 0 aliphatic heterocycles. The molecule has 1 N–H and O–H groups in total. The molecule has 0 unspecified atom stereocenters. The Hall–Kier alpha value is -3.15. The lowest BCUT2D eigenvalue weighted by Crippen LogP contribution is -2.30. The Morgan fingerprint density at radius 3 is 2.40 bits per heavy atom. The van der Waals surface area contributed by atoms with E-state index in [0.29, 0.717) is 16.7 Å². The van der Waals surface area contributed by atoms with Gasteiger partial charge in [-0.05, 0) is 35.0 Å². The summed E-state index contributed by atoms with van der Waals surface area (Å²) < 4.78 is 32.8. The second kappa shape index (κ2) is 8.30. The highest BCUT2D eigenvalue weighted by atomic mass is 35.5. The first-order chi connectivity index (χ1) is 14.4. The summed E-state index contributed by atoms with van der Waals surface area (Å²) in [5, 5.41) is 18.1. The minimum Gasteiger partial charge on any atom is -0.340 e. The first-order valence-electron chi connectivity index (χ1n) is 8.79. The number of hydrogen-bond acceptors (Lipinski definition) is 8. The van der Waals surface area contributed by atoms with Crippen LogP contribution >= 0.6 is 11.6 Å². The topological polar surface area (TPSA) is 131 Å². The summed E-state index contributed by atoms with van der Waals surface area (Å²) in [6.45, 7) is 1.70. The van der Waals surface area contributed by atoms with Crippen molar-refractivity contribution in [3.8, 4) is 11.4 Å². The summed E-state index contributed by atoms with van der Waals surface area (Å²) in [4.78, 5) is 4.25. The van der Waals surface area contributed by atoms with E-state index in [0.717, 1.165) is 11.1 Å². The molecule has 2 aromatic carbocycles. The number of rotatable bonds is 7. The normalized spacial score (nSPS) is 11.8. The van der Waals surface area contributed by atoms with Gasteiger partial charge < -0.3 is 4.52 Å². The van der Waals surface area contributed by atoms with Gasteiger partial charge >= 0.3 is 0 Å². The Kier molecular flexibility index (Phi) is 5.57. The van der Waals surface area contributed by atoms with Crippen molar-refractivity contribution < 1.29 is 12.9 Å². The van der Waals surface area contributed by atoms with E-state index in [1.54, 1.807) is 31.2 Å². The first-order valence-corrected chi connectivity index (χ1v) is 10.6. The van der Waals surface area contributed by atoms with Gasteiger partial charge in [-0.25, -0.2) is 8.42 Å². The first kappa shape index (κ1) is 20.1. The Morgan fingerprint density at radius 1 is 1.07 bits per heavy atom. The zero-order valence-corrected chi connectivity index (χ0v) is 17.3. The molecule has 0 saturated carbocycles. The van der Waals surface area contributed by atoms with Gasteiger partial charge in [-0.15, -0.1) is 10.2 Å². The van der Waals surface area contributed by atoms with Gasteiger partial charge in [-0.1, -0.05) is 41.0 Å². The zero-order valence-electron chi connectivity index (χ0n) is 15.7. The van der Waals surface area contributed by atoms with E-state index in [4.69, 9.17) is 16.1 Å². The standard InChI is InChI=1S/C18H16ClN7O3S/c1-12-20-17(23-29-12)11-26(30(27,28)16-8-6-15(19)7-9-16)10-13-2-4-14(5-3-13)18-21-24-25-22-18/h2-9H,10-11H2,1H3,(H,21,22,24,25). The van der Waals surface area contributed by atoms with Crippen LogP contribution in [0.1, 0.15) is 17.3 Å². The molecule has 2 heterocycles. The second-order valence-electron chi connectivity index (χ2n) is 6.39. The Morgan fingerprint density at radius 2 is 1.80 bits per heavy atom. The van der Waals surface area contributed by atoms with Crippen LogP contribution in [0.4, 0.5) is 0 Å². The number of H-pyrrole nitrogens is 1. The molecule has 12 heteroatoms. The molecule has 0 amide bonds. The monoisotopic (exact) mass is 445 g/mol. The van der Waals surface area contributed by atoms with Crippen LogP contribution in [0.3, 0.4) is 0 Å². The quantitative estimate of drug-likeness (QED) is 0.459. The van der Waals surface area contributed by atoms with E-state index >= 15 is 0 Å². The van der Waals surface area contributed by atoms with Gasteiger partial charge in [0.05, 0.1) is 11.4 Å². The summed E-state index contributed by atoms with van der Waals surface area (Å²) in [5.74, 6) is 1.08. The number of sulfonamides is 1. The van der Waals surface area contributed by atoms with E-state index in [2.05, 4.69) is 30.8 Å². The summed E-state index contributed by atoms with van der Waals surface area (Å²) in [6.07, 6.45) is 0. The minimum absolute atomic E-state index is 0.0467. The Labute approximate surface area is 176 Å². The van der Waals surface area contributed by atoms with Crippen LogP contribution in [0.5, 0.6) is 0 Å². The number of hydrogen-bond donors (Lipinski definition) is 1. The van der Waals surface area contributed by atoms with Gasteiger partial charge in [-0.3, -0.25) is 0 Å². The van der Waals surface area contributed by atoms with Crippen LogP contribution in [-0.2, 0) is 23.1 Å². The summed E-state index contributed by atoms with van der Waals surface area (Å²) in [6, 6.07) is 13.2. The molecule has 30 heavy (non-hydrogen) atoms. The number of aryl methyl sites for hydroxylation is 1. The van der Waals surface area contributed by atoms with Gasteiger partial charge in [0.1, 0.15) is 0 Å². The van der Waals surface area contributed by atoms with Crippen LogP contribution in [0.15, 0.2) is 57.9 Å². The van der Waals surface area contributed by atoms with Crippen LogP contribution in [0.2, 0.25) is 5.02 Å². The number of nitrogens with zero attached hydrogens (tertiary/aromatic N) is 6. The Bertz CT molecular complexity index is 1220. The fraction of sp³-hybridized carbons (Fsp3) is 0.167. The molecule has 0 saturated heterocycles. The van der Waals surface area contributed by atoms with Crippen LogP contribution < -0.4 is 0 Å². The van der Waals surface area contributed by atoms with Crippen LogP contribution in [0.25, 0.3) is 11.4 Å². The molecule has 0 spiro atoms. The van der Waals surface area contributed by atoms with Crippen molar-refractivity contribution in [2.45, 2.75) is 24.9 Å². The van der Waals surface area contributed by atoms with Gasteiger partial charge in [0.2, 0.25) is 21.7 Å². The van der Waals surface area contributed by atoms with Gasteiger partial charge in [0.15, 0.2) is 5.82 Å². The molecule has 4 rings (SSSR count). The second-order valence-corrected chi connectivity index (χ2v) is 8.76. The molecule has 10 nitrogen and oxygen atoms in total. The maximum atomic E-state index is 13.3. The van der Waals surface area contributed by atoms with Crippen molar-refractivity contribution in [1.82, 2.24) is 35.1 Å². The molecule has 154 valence electrons. The van der Waals surface area contributed by atoms with E-state index in [9.17, 15) is 8.42 Å². The molecule has 0 bridgehead atoms. The number of aromatic nitrogens is 6. The fourth-order valence-corrected chi connectivity index (χ4v) is 4.30. The summed E-state index contributed by atoms with van der Waals surface area (Å²) >= 11 is 5.90. The van der Waals surface area contributed by atoms with Crippen molar-refractivity contribution in [2.24, 2.45) is 0 Å². The highest BCUT2D eigenvalue weighted by molar-refractivity contribution is 7.89. The average molecular weight is 446 g/mol. The van der Waals surface area contributed by atoms with E-state index in [1.807, 2.05) is 0 Å².